The molecular formula is C19H16FN5OS. The van der Waals surface area contributed by atoms with Crippen LogP contribution in [-0.2, 0) is 12.2 Å². The summed E-state index contributed by atoms with van der Waals surface area (Å²) in [7, 11) is 0. The molecule has 6 nitrogen and oxygen atoms in total. The summed E-state index contributed by atoms with van der Waals surface area (Å²) in [4.78, 5) is 0. The number of nitrogens with zero attached hydrogens (tertiary/aromatic N) is 5. The molecular weight excluding hydrogens is 365 g/mol. The summed E-state index contributed by atoms with van der Waals surface area (Å²) in [5.41, 5.74) is 1.92. The molecule has 0 bridgehead atoms. The van der Waals surface area contributed by atoms with E-state index < -0.39 is 0 Å². The van der Waals surface area contributed by atoms with Gasteiger partial charge in [0, 0.05) is 19.0 Å². The Morgan fingerprint density at radius 3 is 2.44 bits per heavy atom. The molecule has 27 heavy (non-hydrogen) atoms. The Morgan fingerprint density at radius 1 is 0.963 bits per heavy atom. The monoisotopic (exact) mass is 381 g/mol. The molecule has 2 heterocycles. The zero-order valence-corrected chi connectivity index (χ0v) is 15.4. The second-order valence-electron chi connectivity index (χ2n) is 5.88. The maximum Gasteiger partial charge on any atom is 0.226 e. The van der Waals surface area contributed by atoms with Crippen LogP contribution in [0.25, 0.3) is 5.69 Å². The Kier molecular flexibility index (Phi) is 4.97. The second-order valence-corrected chi connectivity index (χ2v) is 6.82. The Bertz CT molecular complexity index is 1030. The van der Waals surface area contributed by atoms with Gasteiger partial charge in [-0.3, -0.25) is 4.57 Å². The maximum absolute atomic E-state index is 13.4. The number of thioether (sulfide) groups is 1. The van der Waals surface area contributed by atoms with Gasteiger partial charge >= 0.3 is 0 Å². The predicted molar refractivity (Wildman–Crippen MR) is 99.2 cm³/mol. The summed E-state index contributed by atoms with van der Waals surface area (Å²) in [5, 5.41) is 17.2. The number of aromatic nitrogens is 5. The summed E-state index contributed by atoms with van der Waals surface area (Å²) >= 11 is 1.44. The van der Waals surface area contributed by atoms with Crippen molar-refractivity contribution >= 4 is 11.8 Å². The first-order chi connectivity index (χ1) is 13.2. The summed E-state index contributed by atoms with van der Waals surface area (Å²) in [6, 6.07) is 16.3. The smallest absolute Gasteiger partial charge is 0.226 e. The molecule has 0 saturated heterocycles. The van der Waals surface area contributed by atoms with Crippen LogP contribution in [0.4, 0.5) is 4.39 Å². The van der Waals surface area contributed by atoms with Crippen LogP contribution in [0, 0.1) is 12.7 Å². The first kappa shape index (κ1) is 17.4. The number of aryl methyl sites for hydroxylation is 1. The highest BCUT2D eigenvalue weighted by Gasteiger charge is 2.16. The fraction of sp³-hybridized carbons (Fsp3) is 0.158. The van der Waals surface area contributed by atoms with Crippen LogP contribution >= 0.6 is 11.8 Å². The molecule has 2 aromatic carbocycles. The van der Waals surface area contributed by atoms with E-state index in [0.717, 1.165) is 17.1 Å². The number of hydrogen-bond acceptors (Lipinski definition) is 6. The van der Waals surface area contributed by atoms with Crippen LogP contribution in [0.3, 0.4) is 0 Å². The van der Waals surface area contributed by atoms with Crippen molar-refractivity contribution in [3.63, 3.8) is 0 Å². The lowest BCUT2D eigenvalue weighted by Crippen LogP contribution is -2.04. The first-order valence-corrected chi connectivity index (χ1v) is 9.33. The van der Waals surface area contributed by atoms with Crippen LogP contribution in [0.5, 0.6) is 0 Å². The van der Waals surface area contributed by atoms with E-state index in [1.165, 1.54) is 23.9 Å². The SMILES string of the molecule is Cc1nnc(CSc2nnc(Cc3ccccc3)n2-c2ccc(F)cc2)o1. The van der Waals surface area contributed by atoms with Crippen molar-refractivity contribution in [1.82, 2.24) is 25.0 Å². The van der Waals surface area contributed by atoms with Crippen molar-refractivity contribution in [3.05, 3.63) is 83.6 Å². The number of rotatable bonds is 6. The molecule has 0 aliphatic carbocycles. The molecule has 4 rings (SSSR count). The van der Waals surface area contributed by atoms with Gasteiger partial charge in [-0.25, -0.2) is 4.39 Å². The average molecular weight is 381 g/mol. The number of halogens is 1. The van der Waals surface area contributed by atoms with Gasteiger partial charge in [-0.2, -0.15) is 0 Å². The molecule has 0 unspecified atom stereocenters. The van der Waals surface area contributed by atoms with E-state index >= 15 is 0 Å². The molecule has 0 amide bonds. The molecule has 0 spiro atoms. The van der Waals surface area contributed by atoms with E-state index in [9.17, 15) is 4.39 Å². The summed E-state index contributed by atoms with van der Waals surface area (Å²) in [6.45, 7) is 1.75. The number of benzene rings is 2. The highest BCUT2D eigenvalue weighted by Crippen LogP contribution is 2.26. The van der Waals surface area contributed by atoms with Gasteiger partial charge in [0.1, 0.15) is 11.6 Å². The van der Waals surface area contributed by atoms with Gasteiger partial charge in [0.15, 0.2) is 5.16 Å². The molecule has 0 aliphatic rings. The number of hydrogen-bond donors (Lipinski definition) is 0. The van der Waals surface area contributed by atoms with Crippen LogP contribution in [0.1, 0.15) is 23.2 Å². The molecule has 0 radical (unpaired) electrons. The minimum Gasteiger partial charge on any atom is -0.425 e. The van der Waals surface area contributed by atoms with E-state index in [2.05, 4.69) is 20.4 Å². The highest BCUT2D eigenvalue weighted by molar-refractivity contribution is 7.98. The third kappa shape index (κ3) is 4.06. The minimum atomic E-state index is -0.285. The Balaban J connectivity index is 1.66. The van der Waals surface area contributed by atoms with Gasteiger partial charge in [0.2, 0.25) is 11.8 Å². The predicted octanol–water partition coefficient (Wildman–Crippen LogP) is 3.98. The molecule has 0 aliphatic heterocycles. The molecule has 0 saturated carbocycles. The molecule has 8 heteroatoms. The van der Waals surface area contributed by atoms with E-state index in [0.29, 0.717) is 29.1 Å². The van der Waals surface area contributed by atoms with Crippen LogP contribution in [0.2, 0.25) is 0 Å². The fourth-order valence-corrected chi connectivity index (χ4v) is 3.47. The fourth-order valence-electron chi connectivity index (χ4n) is 2.66. The zero-order chi connectivity index (χ0) is 18.6. The second kappa shape index (κ2) is 7.71. The van der Waals surface area contributed by atoms with Gasteiger partial charge in [-0.15, -0.1) is 20.4 Å². The first-order valence-electron chi connectivity index (χ1n) is 8.35. The molecule has 136 valence electrons. The Morgan fingerprint density at radius 2 is 1.74 bits per heavy atom. The molecule has 4 aromatic rings. The van der Waals surface area contributed by atoms with Crippen molar-refractivity contribution in [2.45, 2.75) is 24.3 Å². The van der Waals surface area contributed by atoms with E-state index in [-0.39, 0.29) is 5.82 Å². The van der Waals surface area contributed by atoms with Gasteiger partial charge < -0.3 is 4.42 Å². The largest absolute Gasteiger partial charge is 0.425 e. The molecule has 0 fully saturated rings. The summed E-state index contributed by atoms with van der Waals surface area (Å²) < 4.78 is 20.7. The third-order valence-electron chi connectivity index (χ3n) is 3.88. The van der Waals surface area contributed by atoms with E-state index in [1.54, 1.807) is 19.1 Å². The van der Waals surface area contributed by atoms with Gasteiger partial charge in [-0.1, -0.05) is 42.1 Å². The average Bonchev–Trinajstić information content (AvgIpc) is 3.28. The lowest BCUT2D eigenvalue weighted by molar-refractivity contribution is 0.485. The zero-order valence-electron chi connectivity index (χ0n) is 14.5. The summed E-state index contributed by atoms with van der Waals surface area (Å²) in [6.07, 6.45) is 0.617. The Hall–Kier alpha value is -3.00. The van der Waals surface area contributed by atoms with Crippen LogP contribution in [-0.4, -0.2) is 25.0 Å². The van der Waals surface area contributed by atoms with E-state index in [1.807, 2.05) is 34.9 Å². The third-order valence-corrected chi connectivity index (χ3v) is 4.80. The topological polar surface area (TPSA) is 69.6 Å². The quantitative estimate of drug-likeness (QED) is 0.471. The van der Waals surface area contributed by atoms with Crippen molar-refractivity contribution < 1.29 is 8.81 Å². The summed E-state index contributed by atoms with van der Waals surface area (Å²) in [5.74, 6) is 2.01. The normalized spacial score (nSPS) is 11.0. The molecule has 0 atom stereocenters. The van der Waals surface area contributed by atoms with Crippen molar-refractivity contribution in [2.24, 2.45) is 0 Å². The van der Waals surface area contributed by atoms with Crippen molar-refractivity contribution in [3.8, 4) is 5.69 Å². The minimum absolute atomic E-state index is 0.285. The lowest BCUT2D eigenvalue weighted by atomic mass is 10.1. The van der Waals surface area contributed by atoms with Crippen molar-refractivity contribution in [1.29, 1.82) is 0 Å². The molecule has 2 aromatic heterocycles. The van der Waals surface area contributed by atoms with Crippen LogP contribution in [0.15, 0.2) is 64.2 Å². The lowest BCUT2D eigenvalue weighted by Gasteiger charge is -2.10. The Labute approximate surface area is 159 Å². The van der Waals surface area contributed by atoms with E-state index in [4.69, 9.17) is 4.42 Å². The van der Waals surface area contributed by atoms with Gasteiger partial charge in [0.05, 0.1) is 5.75 Å². The highest BCUT2D eigenvalue weighted by atomic mass is 32.2. The van der Waals surface area contributed by atoms with Crippen molar-refractivity contribution in [2.75, 3.05) is 0 Å². The van der Waals surface area contributed by atoms with Gasteiger partial charge in [-0.05, 0) is 29.8 Å². The van der Waals surface area contributed by atoms with Gasteiger partial charge in [0.25, 0.3) is 0 Å². The molecule has 0 N–H and O–H groups in total. The standard InChI is InChI=1S/C19H16FN5OS/c1-13-21-23-18(26-13)12-27-19-24-22-17(11-14-5-3-2-4-6-14)25(19)16-9-7-15(20)8-10-16/h2-10H,11-12H2,1H3. The maximum atomic E-state index is 13.4. The van der Waals surface area contributed by atoms with Crippen LogP contribution < -0.4 is 0 Å².